The molecule has 23 heavy (non-hydrogen) atoms. The maximum atomic E-state index is 11.7. The molecule has 6 heteroatoms. The van der Waals surface area contributed by atoms with Crippen molar-refractivity contribution in [1.29, 1.82) is 0 Å². The van der Waals surface area contributed by atoms with Gasteiger partial charge in [-0.05, 0) is 24.1 Å². The van der Waals surface area contributed by atoms with Crippen molar-refractivity contribution >= 4 is 11.6 Å². The Labute approximate surface area is 135 Å². The Balaban J connectivity index is 1.61. The van der Waals surface area contributed by atoms with Crippen molar-refractivity contribution in [3.05, 3.63) is 51.9 Å². The van der Waals surface area contributed by atoms with E-state index >= 15 is 0 Å². The zero-order valence-corrected chi connectivity index (χ0v) is 13.5. The lowest BCUT2D eigenvalue weighted by atomic mass is 10.2. The van der Waals surface area contributed by atoms with Crippen LogP contribution < -0.4 is 16.2 Å². The molecule has 0 radical (unpaired) electrons. The van der Waals surface area contributed by atoms with Gasteiger partial charge < -0.3 is 10.6 Å². The van der Waals surface area contributed by atoms with E-state index in [9.17, 15) is 4.79 Å². The molecule has 1 aromatic carbocycles. The van der Waals surface area contributed by atoms with E-state index in [1.165, 1.54) is 5.56 Å². The second-order valence-electron chi connectivity index (χ2n) is 5.92. The predicted molar refractivity (Wildman–Crippen MR) is 92.6 cm³/mol. The molecule has 2 heterocycles. The van der Waals surface area contributed by atoms with Crippen LogP contribution >= 0.6 is 0 Å². The molecule has 0 saturated carbocycles. The van der Waals surface area contributed by atoms with Gasteiger partial charge >= 0.3 is 0 Å². The number of aromatic amines is 1. The third-order valence-corrected chi connectivity index (χ3v) is 4.20. The van der Waals surface area contributed by atoms with Gasteiger partial charge in [0.15, 0.2) is 0 Å². The summed E-state index contributed by atoms with van der Waals surface area (Å²) in [6, 6.07) is 9.60. The van der Waals surface area contributed by atoms with E-state index in [-0.39, 0.29) is 5.56 Å². The van der Waals surface area contributed by atoms with Crippen LogP contribution in [0.2, 0.25) is 0 Å². The second-order valence-corrected chi connectivity index (χ2v) is 5.92. The van der Waals surface area contributed by atoms with Gasteiger partial charge in [0.2, 0.25) is 5.95 Å². The van der Waals surface area contributed by atoms with Gasteiger partial charge in [-0.3, -0.25) is 14.7 Å². The SMILES string of the molecule is CCc1cc(=O)[nH]c(N2CCN(Cc3ccc(N)cc3)CC2)n1. The summed E-state index contributed by atoms with van der Waals surface area (Å²) in [6.45, 7) is 6.56. The third-order valence-electron chi connectivity index (χ3n) is 4.20. The normalized spacial score (nSPS) is 15.8. The van der Waals surface area contributed by atoms with E-state index in [2.05, 4.69) is 31.9 Å². The van der Waals surface area contributed by atoms with Crippen LogP contribution in [0.1, 0.15) is 18.2 Å². The minimum atomic E-state index is -0.0730. The first-order valence-electron chi connectivity index (χ1n) is 8.06. The van der Waals surface area contributed by atoms with Crippen molar-refractivity contribution in [3.63, 3.8) is 0 Å². The maximum absolute atomic E-state index is 11.7. The molecular weight excluding hydrogens is 290 g/mol. The van der Waals surface area contributed by atoms with Crippen LogP contribution in [0.15, 0.2) is 35.1 Å². The number of nitrogen functional groups attached to an aromatic ring is 1. The molecule has 2 aromatic rings. The fraction of sp³-hybridized carbons (Fsp3) is 0.412. The average Bonchev–Trinajstić information content (AvgIpc) is 2.57. The Morgan fingerprint density at radius 1 is 1.17 bits per heavy atom. The lowest BCUT2D eigenvalue weighted by molar-refractivity contribution is 0.248. The first kappa shape index (κ1) is 15.6. The van der Waals surface area contributed by atoms with Gasteiger partial charge in [-0.25, -0.2) is 4.98 Å². The molecule has 0 amide bonds. The summed E-state index contributed by atoms with van der Waals surface area (Å²) in [5, 5.41) is 0. The number of H-pyrrole nitrogens is 1. The summed E-state index contributed by atoms with van der Waals surface area (Å²) >= 11 is 0. The minimum absolute atomic E-state index is 0.0730. The monoisotopic (exact) mass is 313 g/mol. The highest BCUT2D eigenvalue weighted by molar-refractivity contribution is 5.39. The van der Waals surface area contributed by atoms with Crippen molar-refractivity contribution in [3.8, 4) is 0 Å². The molecule has 0 spiro atoms. The Morgan fingerprint density at radius 3 is 2.52 bits per heavy atom. The Morgan fingerprint density at radius 2 is 1.87 bits per heavy atom. The lowest BCUT2D eigenvalue weighted by Gasteiger charge is -2.35. The molecule has 0 bridgehead atoms. The van der Waals surface area contributed by atoms with E-state index in [1.54, 1.807) is 6.07 Å². The quantitative estimate of drug-likeness (QED) is 0.830. The molecule has 1 aliphatic rings. The van der Waals surface area contributed by atoms with Crippen molar-refractivity contribution in [2.75, 3.05) is 36.8 Å². The zero-order valence-electron chi connectivity index (χ0n) is 13.5. The molecule has 1 saturated heterocycles. The molecule has 0 unspecified atom stereocenters. The molecule has 1 fully saturated rings. The molecule has 0 aliphatic carbocycles. The topological polar surface area (TPSA) is 78.2 Å². The van der Waals surface area contributed by atoms with Gasteiger partial charge in [0.1, 0.15) is 0 Å². The summed E-state index contributed by atoms with van der Waals surface area (Å²) in [5.74, 6) is 0.696. The summed E-state index contributed by atoms with van der Waals surface area (Å²) in [5.41, 5.74) is 8.56. The number of hydrogen-bond acceptors (Lipinski definition) is 5. The van der Waals surface area contributed by atoms with Crippen LogP contribution in [0, 0.1) is 0 Å². The van der Waals surface area contributed by atoms with E-state index < -0.39 is 0 Å². The van der Waals surface area contributed by atoms with Gasteiger partial charge in [-0.2, -0.15) is 0 Å². The average molecular weight is 313 g/mol. The van der Waals surface area contributed by atoms with Gasteiger partial charge in [0.05, 0.1) is 0 Å². The molecule has 122 valence electrons. The Bertz CT molecular complexity index is 702. The number of hydrogen-bond donors (Lipinski definition) is 2. The van der Waals surface area contributed by atoms with Crippen molar-refractivity contribution in [2.45, 2.75) is 19.9 Å². The van der Waals surface area contributed by atoms with Crippen molar-refractivity contribution < 1.29 is 0 Å². The van der Waals surface area contributed by atoms with Crippen LogP contribution in [0.25, 0.3) is 0 Å². The largest absolute Gasteiger partial charge is 0.399 e. The molecule has 1 aromatic heterocycles. The van der Waals surface area contributed by atoms with E-state index in [0.29, 0.717) is 5.95 Å². The van der Waals surface area contributed by atoms with E-state index in [0.717, 1.165) is 50.5 Å². The van der Waals surface area contributed by atoms with Crippen molar-refractivity contribution in [1.82, 2.24) is 14.9 Å². The van der Waals surface area contributed by atoms with E-state index in [1.807, 2.05) is 19.1 Å². The molecule has 6 nitrogen and oxygen atoms in total. The summed E-state index contributed by atoms with van der Waals surface area (Å²) in [7, 11) is 0. The summed E-state index contributed by atoms with van der Waals surface area (Å²) in [4.78, 5) is 23.6. The molecule has 0 atom stereocenters. The Hall–Kier alpha value is -2.34. The third kappa shape index (κ3) is 3.90. The fourth-order valence-corrected chi connectivity index (χ4v) is 2.82. The smallest absolute Gasteiger partial charge is 0.252 e. The summed E-state index contributed by atoms with van der Waals surface area (Å²) < 4.78 is 0. The van der Waals surface area contributed by atoms with Crippen LogP contribution in [0.3, 0.4) is 0 Å². The molecule has 3 rings (SSSR count). The van der Waals surface area contributed by atoms with Crippen LogP contribution in [0.4, 0.5) is 11.6 Å². The molecular formula is C17H23N5O. The number of aryl methyl sites for hydroxylation is 1. The standard InChI is InChI=1S/C17H23N5O/c1-2-15-11-16(23)20-17(19-15)22-9-7-21(8-10-22)12-13-3-5-14(18)6-4-13/h3-6,11H,2,7-10,12,18H2,1H3,(H,19,20,23). The van der Waals surface area contributed by atoms with Crippen LogP contribution in [0.5, 0.6) is 0 Å². The first-order chi connectivity index (χ1) is 11.1. The maximum Gasteiger partial charge on any atom is 0.252 e. The van der Waals surface area contributed by atoms with Gasteiger partial charge in [-0.1, -0.05) is 19.1 Å². The number of rotatable bonds is 4. The number of benzene rings is 1. The van der Waals surface area contributed by atoms with Gasteiger partial charge in [0.25, 0.3) is 5.56 Å². The number of nitrogens with two attached hydrogens (primary N) is 1. The number of anilines is 2. The highest BCUT2D eigenvalue weighted by Gasteiger charge is 2.19. The highest BCUT2D eigenvalue weighted by atomic mass is 16.1. The van der Waals surface area contributed by atoms with Crippen LogP contribution in [-0.4, -0.2) is 41.0 Å². The van der Waals surface area contributed by atoms with Crippen LogP contribution in [-0.2, 0) is 13.0 Å². The molecule has 1 aliphatic heterocycles. The zero-order chi connectivity index (χ0) is 16.2. The number of piperazine rings is 1. The summed E-state index contributed by atoms with van der Waals surface area (Å²) in [6.07, 6.45) is 0.772. The number of aromatic nitrogens is 2. The minimum Gasteiger partial charge on any atom is -0.399 e. The number of nitrogens with zero attached hydrogens (tertiary/aromatic N) is 3. The highest BCUT2D eigenvalue weighted by Crippen LogP contribution is 2.13. The number of nitrogens with one attached hydrogen (secondary N) is 1. The van der Waals surface area contributed by atoms with Crippen molar-refractivity contribution in [2.24, 2.45) is 0 Å². The lowest BCUT2D eigenvalue weighted by Crippen LogP contribution is -2.47. The predicted octanol–water partition coefficient (Wildman–Crippen LogP) is 1.24. The molecule has 3 N–H and O–H groups in total. The van der Waals surface area contributed by atoms with Gasteiger partial charge in [0, 0.05) is 50.2 Å². The van der Waals surface area contributed by atoms with E-state index in [4.69, 9.17) is 5.73 Å². The first-order valence-corrected chi connectivity index (χ1v) is 8.06. The Kier molecular flexibility index (Phi) is 4.62. The van der Waals surface area contributed by atoms with Gasteiger partial charge in [-0.15, -0.1) is 0 Å². The fourth-order valence-electron chi connectivity index (χ4n) is 2.82. The second kappa shape index (κ2) is 6.83.